The summed E-state index contributed by atoms with van der Waals surface area (Å²) in [4.78, 5) is 27.8. The minimum atomic E-state index is -0.928. The Labute approximate surface area is 122 Å². The molecule has 0 heterocycles. The van der Waals surface area contributed by atoms with Crippen LogP contribution < -0.4 is 0 Å². The lowest BCUT2D eigenvalue weighted by Gasteiger charge is -2.34. The maximum Gasteiger partial charge on any atom is 0.310 e. The standard InChI is InChI=1S/C15H30N2O3/c1-7-15(8-2,14(19)20)10-13(18)17(9-3)12(4)11-16(5)6/h12H,7-11H2,1-6H3,(H,19,20). The molecule has 0 spiro atoms. The molecule has 20 heavy (non-hydrogen) atoms. The number of carboxylic acids is 1. The second kappa shape index (κ2) is 8.25. The molecule has 5 nitrogen and oxygen atoms in total. The highest BCUT2D eigenvalue weighted by Gasteiger charge is 2.38. The molecular formula is C15H30N2O3. The van der Waals surface area contributed by atoms with Gasteiger partial charge in [0.05, 0.1) is 5.41 Å². The van der Waals surface area contributed by atoms with Gasteiger partial charge in [0, 0.05) is 25.6 Å². The Morgan fingerprint density at radius 2 is 1.65 bits per heavy atom. The molecule has 0 bridgehead atoms. The Balaban J connectivity index is 4.97. The fraction of sp³-hybridized carbons (Fsp3) is 0.867. The van der Waals surface area contributed by atoms with Crippen LogP contribution in [0.3, 0.4) is 0 Å². The number of carboxylic acid groups (broad SMARTS) is 1. The molecule has 0 aliphatic carbocycles. The van der Waals surface area contributed by atoms with Crippen molar-refractivity contribution in [2.24, 2.45) is 5.41 Å². The average Bonchev–Trinajstić information content (AvgIpc) is 2.35. The van der Waals surface area contributed by atoms with E-state index >= 15 is 0 Å². The lowest BCUT2D eigenvalue weighted by molar-refractivity contribution is -0.154. The summed E-state index contributed by atoms with van der Waals surface area (Å²) < 4.78 is 0. The Morgan fingerprint density at radius 1 is 1.15 bits per heavy atom. The zero-order valence-corrected chi connectivity index (χ0v) is 13.8. The highest BCUT2D eigenvalue weighted by molar-refractivity contribution is 5.85. The predicted octanol–water partition coefficient (Wildman–Crippen LogP) is 2.07. The van der Waals surface area contributed by atoms with Crippen LogP contribution in [0.25, 0.3) is 0 Å². The van der Waals surface area contributed by atoms with E-state index in [2.05, 4.69) is 0 Å². The highest BCUT2D eigenvalue weighted by atomic mass is 16.4. The van der Waals surface area contributed by atoms with Crippen molar-refractivity contribution in [1.29, 1.82) is 0 Å². The number of carbonyl (C=O) groups is 2. The van der Waals surface area contributed by atoms with Crippen molar-refractivity contribution < 1.29 is 14.7 Å². The molecule has 0 fully saturated rings. The molecule has 118 valence electrons. The minimum absolute atomic E-state index is 0.0621. The molecule has 1 N–H and O–H groups in total. The molecule has 0 saturated heterocycles. The first-order valence-corrected chi connectivity index (χ1v) is 7.41. The van der Waals surface area contributed by atoms with Gasteiger partial charge in [-0.15, -0.1) is 0 Å². The first-order valence-electron chi connectivity index (χ1n) is 7.41. The smallest absolute Gasteiger partial charge is 0.310 e. The zero-order chi connectivity index (χ0) is 15.9. The molecule has 0 aromatic heterocycles. The van der Waals surface area contributed by atoms with Gasteiger partial charge in [-0.2, -0.15) is 0 Å². The van der Waals surface area contributed by atoms with Crippen LogP contribution >= 0.6 is 0 Å². The molecule has 0 saturated carbocycles. The van der Waals surface area contributed by atoms with Crippen LogP contribution in [0, 0.1) is 5.41 Å². The quantitative estimate of drug-likeness (QED) is 0.705. The highest BCUT2D eigenvalue weighted by Crippen LogP contribution is 2.32. The first-order chi connectivity index (χ1) is 9.23. The van der Waals surface area contributed by atoms with Crippen molar-refractivity contribution >= 4 is 11.9 Å². The summed E-state index contributed by atoms with van der Waals surface area (Å²) >= 11 is 0. The van der Waals surface area contributed by atoms with E-state index < -0.39 is 11.4 Å². The number of carbonyl (C=O) groups excluding carboxylic acids is 1. The van der Waals surface area contributed by atoms with Crippen molar-refractivity contribution in [2.75, 3.05) is 27.2 Å². The van der Waals surface area contributed by atoms with E-state index in [0.717, 1.165) is 6.54 Å². The number of likely N-dealkylation sites (N-methyl/N-ethyl adjacent to an activating group) is 2. The SMILES string of the molecule is CCN(C(=O)CC(CC)(CC)C(=O)O)C(C)CN(C)C. The molecular weight excluding hydrogens is 256 g/mol. The molecule has 0 aliphatic rings. The predicted molar refractivity (Wildman–Crippen MR) is 80.7 cm³/mol. The summed E-state index contributed by atoms with van der Waals surface area (Å²) in [5.41, 5.74) is -0.928. The van der Waals surface area contributed by atoms with E-state index in [1.54, 1.807) is 4.90 Å². The van der Waals surface area contributed by atoms with Crippen LogP contribution in [0.15, 0.2) is 0 Å². The van der Waals surface area contributed by atoms with Gasteiger partial charge in [0.25, 0.3) is 0 Å². The topological polar surface area (TPSA) is 60.9 Å². The molecule has 0 aromatic rings. The minimum Gasteiger partial charge on any atom is -0.481 e. The second-order valence-corrected chi connectivity index (χ2v) is 5.76. The van der Waals surface area contributed by atoms with Gasteiger partial charge in [-0.05, 0) is 40.8 Å². The van der Waals surface area contributed by atoms with Gasteiger partial charge in [-0.1, -0.05) is 13.8 Å². The van der Waals surface area contributed by atoms with Gasteiger partial charge in [-0.3, -0.25) is 9.59 Å². The summed E-state index contributed by atoms with van der Waals surface area (Å²) in [6.45, 7) is 9.00. The fourth-order valence-corrected chi connectivity index (χ4v) is 2.63. The summed E-state index contributed by atoms with van der Waals surface area (Å²) in [6.07, 6.45) is 1.04. The third kappa shape index (κ3) is 4.78. The maximum atomic E-state index is 12.5. The van der Waals surface area contributed by atoms with Gasteiger partial charge in [-0.25, -0.2) is 0 Å². The Hall–Kier alpha value is -1.10. The monoisotopic (exact) mass is 286 g/mol. The van der Waals surface area contributed by atoms with Crippen LogP contribution in [0.1, 0.15) is 47.0 Å². The van der Waals surface area contributed by atoms with Crippen LogP contribution in [0.4, 0.5) is 0 Å². The van der Waals surface area contributed by atoms with E-state index in [1.165, 1.54) is 0 Å². The Bertz CT molecular complexity index is 325. The molecule has 0 aliphatic heterocycles. The van der Waals surface area contributed by atoms with Crippen molar-refractivity contribution in [2.45, 2.75) is 53.0 Å². The normalized spacial score (nSPS) is 13.3. The zero-order valence-electron chi connectivity index (χ0n) is 13.8. The third-order valence-electron chi connectivity index (χ3n) is 4.12. The number of hydrogen-bond donors (Lipinski definition) is 1. The lowest BCUT2D eigenvalue weighted by Crippen LogP contribution is -2.46. The Kier molecular flexibility index (Phi) is 7.79. The van der Waals surface area contributed by atoms with E-state index in [0.29, 0.717) is 19.4 Å². The largest absolute Gasteiger partial charge is 0.481 e. The number of rotatable bonds is 9. The number of hydrogen-bond acceptors (Lipinski definition) is 3. The van der Waals surface area contributed by atoms with E-state index in [-0.39, 0.29) is 18.4 Å². The van der Waals surface area contributed by atoms with Crippen LogP contribution in [-0.4, -0.2) is 60.0 Å². The van der Waals surface area contributed by atoms with Crippen molar-refractivity contribution in [3.8, 4) is 0 Å². The summed E-state index contributed by atoms with van der Waals surface area (Å²) in [5, 5.41) is 9.43. The molecule has 1 unspecified atom stereocenters. The number of nitrogens with zero attached hydrogens (tertiary/aromatic N) is 2. The summed E-state index contributed by atoms with van der Waals surface area (Å²) in [7, 11) is 3.93. The van der Waals surface area contributed by atoms with Crippen molar-refractivity contribution in [3.05, 3.63) is 0 Å². The van der Waals surface area contributed by atoms with Gasteiger partial charge in [0.2, 0.25) is 5.91 Å². The molecule has 0 aromatic carbocycles. The molecule has 0 rings (SSSR count). The van der Waals surface area contributed by atoms with Gasteiger partial charge < -0.3 is 14.9 Å². The number of aliphatic carboxylic acids is 1. The lowest BCUT2D eigenvalue weighted by atomic mass is 9.79. The maximum absolute atomic E-state index is 12.5. The summed E-state index contributed by atoms with van der Waals surface area (Å²) in [6, 6.07) is 0.0858. The molecule has 1 atom stereocenters. The van der Waals surface area contributed by atoms with Crippen molar-refractivity contribution in [3.63, 3.8) is 0 Å². The average molecular weight is 286 g/mol. The Morgan fingerprint density at radius 3 is 1.95 bits per heavy atom. The fourth-order valence-electron chi connectivity index (χ4n) is 2.63. The van der Waals surface area contributed by atoms with E-state index in [9.17, 15) is 14.7 Å². The van der Waals surface area contributed by atoms with Gasteiger partial charge in [0.15, 0.2) is 0 Å². The molecule has 1 amide bonds. The number of amides is 1. The summed E-state index contributed by atoms with van der Waals surface area (Å²) in [5.74, 6) is -0.930. The first kappa shape index (κ1) is 18.9. The molecule has 5 heteroatoms. The van der Waals surface area contributed by atoms with Gasteiger partial charge >= 0.3 is 5.97 Å². The molecule has 0 radical (unpaired) electrons. The van der Waals surface area contributed by atoms with Gasteiger partial charge in [0.1, 0.15) is 0 Å². The van der Waals surface area contributed by atoms with Crippen LogP contribution in [0.2, 0.25) is 0 Å². The van der Waals surface area contributed by atoms with Crippen LogP contribution in [-0.2, 0) is 9.59 Å². The van der Waals surface area contributed by atoms with E-state index in [4.69, 9.17) is 0 Å². The third-order valence-corrected chi connectivity index (χ3v) is 4.12. The van der Waals surface area contributed by atoms with Crippen molar-refractivity contribution in [1.82, 2.24) is 9.80 Å². The van der Waals surface area contributed by atoms with E-state index in [1.807, 2.05) is 46.7 Å². The second-order valence-electron chi connectivity index (χ2n) is 5.76. The van der Waals surface area contributed by atoms with Crippen LogP contribution in [0.5, 0.6) is 0 Å².